The Hall–Kier alpha value is -1.83. The maximum Gasteiger partial charge on any atom is 0.340 e. The molecule has 1 aromatic carbocycles. The van der Waals surface area contributed by atoms with Gasteiger partial charge in [0.05, 0.1) is 0 Å². The maximum atomic E-state index is 11.7. The van der Waals surface area contributed by atoms with Crippen LogP contribution >= 0.6 is 0 Å². The van der Waals surface area contributed by atoms with Crippen molar-refractivity contribution in [1.29, 1.82) is 0 Å². The molecule has 0 saturated carbocycles. The highest BCUT2D eigenvalue weighted by atomic mass is 16.5. The van der Waals surface area contributed by atoms with E-state index in [0.29, 0.717) is 5.76 Å². The summed E-state index contributed by atoms with van der Waals surface area (Å²) >= 11 is 0. The van der Waals surface area contributed by atoms with Gasteiger partial charge in [-0.3, -0.25) is 0 Å². The fourth-order valence-corrected chi connectivity index (χ4v) is 2.80. The predicted molar refractivity (Wildman–Crippen MR) is 66.4 cm³/mol. The monoisotopic (exact) mass is 226 g/mol. The second-order valence-corrected chi connectivity index (χ2v) is 4.72. The minimum Gasteiger partial charge on any atom is -0.423 e. The average Bonchev–Trinajstić information content (AvgIpc) is 2.60. The van der Waals surface area contributed by atoms with E-state index in [1.54, 1.807) is 0 Å². The number of allylic oxidation sites excluding steroid dienone is 1. The van der Waals surface area contributed by atoms with Crippen molar-refractivity contribution in [2.45, 2.75) is 26.7 Å². The van der Waals surface area contributed by atoms with Crippen LogP contribution in [-0.4, -0.2) is 5.97 Å². The average molecular weight is 226 g/mol. The van der Waals surface area contributed by atoms with Crippen LogP contribution < -0.4 is 0 Å². The quantitative estimate of drug-likeness (QED) is 0.635. The molecule has 2 nitrogen and oxygen atoms in total. The van der Waals surface area contributed by atoms with Crippen LogP contribution in [0.25, 0.3) is 5.57 Å². The third-order valence-corrected chi connectivity index (χ3v) is 3.67. The number of ether oxygens (including phenoxy) is 1. The Balaban J connectivity index is 2.34. The van der Waals surface area contributed by atoms with Crippen LogP contribution in [0.5, 0.6) is 0 Å². The van der Waals surface area contributed by atoms with Gasteiger partial charge in [-0.15, -0.1) is 0 Å². The summed E-state index contributed by atoms with van der Waals surface area (Å²) in [6.45, 7) is 8.05. The number of hydrogen-bond donors (Lipinski definition) is 0. The van der Waals surface area contributed by atoms with Gasteiger partial charge in [0.25, 0.3) is 0 Å². The molecule has 2 heteroatoms. The van der Waals surface area contributed by atoms with Gasteiger partial charge in [0, 0.05) is 11.1 Å². The molecule has 0 unspecified atom stereocenters. The molecule has 1 aliphatic carbocycles. The summed E-state index contributed by atoms with van der Waals surface area (Å²) in [5, 5.41) is 0. The number of rotatable bonds is 0. The molecule has 2 aliphatic rings. The van der Waals surface area contributed by atoms with Gasteiger partial charge in [-0.25, -0.2) is 4.79 Å². The van der Waals surface area contributed by atoms with E-state index in [2.05, 4.69) is 32.6 Å². The summed E-state index contributed by atoms with van der Waals surface area (Å²) in [6, 6.07) is 4.24. The SMILES string of the molecule is C=C1OC(=O)C2=C1c1c(C)ccc(C)c1CC2. The standard InChI is InChI=1S/C15H14O2/c1-8-4-5-9(2)13-11(8)6-7-12-14(13)10(3)17-15(12)16/h4-5H,3,6-7H2,1-2H3. The maximum absolute atomic E-state index is 11.7. The van der Waals surface area contributed by atoms with Gasteiger partial charge in [-0.05, 0) is 48.9 Å². The zero-order valence-corrected chi connectivity index (χ0v) is 10.1. The number of cyclic esters (lactones) is 1. The molecule has 0 radical (unpaired) electrons. The number of benzene rings is 1. The smallest absolute Gasteiger partial charge is 0.340 e. The highest BCUT2D eigenvalue weighted by molar-refractivity contribution is 6.08. The lowest BCUT2D eigenvalue weighted by molar-refractivity contribution is -0.133. The Labute approximate surface area is 101 Å². The first kappa shape index (κ1) is 10.3. The molecule has 0 N–H and O–H groups in total. The van der Waals surface area contributed by atoms with E-state index in [-0.39, 0.29) is 5.97 Å². The number of fused-ring (bicyclic) bond motifs is 2. The third kappa shape index (κ3) is 1.30. The van der Waals surface area contributed by atoms with E-state index < -0.39 is 0 Å². The van der Waals surface area contributed by atoms with Gasteiger partial charge in [0.2, 0.25) is 0 Å². The fraction of sp³-hybridized carbons (Fsp3) is 0.267. The van der Waals surface area contributed by atoms with Crippen molar-refractivity contribution in [3.05, 3.63) is 52.3 Å². The van der Waals surface area contributed by atoms with Crippen molar-refractivity contribution in [2.24, 2.45) is 0 Å². The van der Waals surface area contributed by atoms with Gasteiger partial charge < -0.3 is 4.74 Å². The van der Waals surface area contributed by atoms with Gasteiger partial charge in [0.15, 0.2) is 0 Å². The van der Waals surface area contributed by atoms with Gasteiger partial charge in [0.1, 0.15) is 5.76 Å². The lowest BCUT2D eigenvalue weighted by Gasteiger charge is -2.20. The molecule has 0 spiro atoms. The minimum absolute atomic E-state index is 0.212. The summed E-state index contributed by atoms with van der Waals surface area (Å²) in [4.78, 5) is 11.7. The van der Waals surface area contributed by atoms with E-state index in [1.807, 2.05) is 0 Å². The van der Waals surface area contributed by atoms with E-state index in [1.165, 1.54) is 22.3 Å². The second-order valence-electron chi connectivity index (χ2n) is 4.72. The molecule has 0 amide bonds. The Kier molecular flexibility index (Phi) is 2.02. The molecule has 0 fully saturated rings. The third-order valence-electron chi connectivity index (χ3n) is 3.67. The van der Waals surface area contributed by atoms with Crippen LogP contribution in [0.2, 0.25) is 0 Å². The lowest BCUT2D eigenvalue weighted by Crippen LogP contribution is -2.09. The van der Waals surface area contributed by atoms with Crippen molar-refractivity contribution in [2.75, 3.05) is 0 Å². The number of esters is 1. The van der Waals surface area contributed by atoms with Crippen LogP contribution in [0.15, 0.2) is 30.0 Å². The van der Waals surface area contributed by atoms with Crippen LogP contribution in [-0.2, 0) is 16.0 Å². The van der Waals surface area contributed by atoms with Crippen molar-refractivity contribution < 1.29 is 9.53 Å². The number of hydrogen-bond acceptors (Lipinski definition) is 2. The summed E-state index contributed by atoms with van der Waals surface area (Å²) < 4.78 is 5.15. The molecule has 3 rings (SSSR count). The van der Waals surface area contributed by atoms with Crippen molar-refractivity contribution in [1.82, 2.24) is 0 Å². The molecule has 0 atom stereocenters. The summed E-state index contributed by atoms with van der Waals surface area (Å²) in [6.07, 6.45) is 1.69. The van der Waals surface area contributed by atoms with Gasteiger partial charge in [-0.2, -0.15) is 0 Å². The highest BCUT2D eigenvalue weighted by Gasteiger charge is 2.34. The molecule has 17 heavy (non-hydrogen) atoms. The van der Waals surface area contributed by atoms with Gasteiger partial charge in [-0.1, -0.05) is 18.7 Å². The molecular weight excluding hydrogens is 212 g/mol. The lowest BCUT2D eigenvalue weighted by atomic mass is 9.81. The Morgan fingerprint density at radius 3 is 2.65 bits per heavy atom. The van der Waals surface area contributed by atoms with E-state index in [9.17, 15) is 4.79 Å². The molecule has 0 saturated heterocycles. The zero-order valence-electron chi connectivity index (χ0n) is 10.1. The molecule has 86 valence electrons. The van der Waals surface area contributed by atoms with Crippen molar-refractivity contribution in [3.8, 4) is 0 Å². The Bertz CT molecular complexity index is 591. The van der Waals surface area contributed by atoms with Crippen molar-refractivity contribution >= 4 is 11.5 Å². The van der Waals surface area contributed by atoms with Crippen LogP contribution in [0, 0.1) is 13.8 Å². The number of carbonyl (C=O) groups is 1. The molecule has 0 bridgehead atoms. The predicted octanol–water partition coefficient (Wildman–Crippen LogP) is 3.07. The van der Waals surface area contributed by atoms with E-state index in [0.717, 1.165) is 24.0 Å². The van der Waals surface area contributed by atoms with Crippen LogP contribution in [0.4, 0.5) is 0 Å². The molecular formula is C15H14O2. The minimum atomic E-state index is -0.212. The summed E-state index contributed by atoms with van der Waals surface area (Å²) in [5.74, 6) is 0.302. The van der Waals surface area contributed by atoms with E-state index in [4.69, 9.17) is 4.74 Å². The first-order chi connectivity index (χ1) is 8.09. The van der Waals surface area contributed by atoms with E-state index >= 15 is 0 Å². The largest absolute Gasteiger partial charge is 0.423 e. The zero-order chi connectivity index (χ0) is 12.2. The Morgan fingerprint density at radius 1 is 1.18 bits per heavy atom. The fourth-order valence-electron chi connectivity index (χ4n) is 2.80. The Morgan fingerprint density at radius 2 is 1.88 bits per heavy atom. The van der Waals surface area contributed by atoms with Crippen molar-refractivity contribution in [3.63, 3.8) is 0 Å². The molecule has 1 aromatic rings. The summed E-state index contributed by atoms with van der Waals surface area (Å²) in [5.41, 5.74) is 6.72. The van der Waals surface area contributed by atoms with Crippen LogP contribution in [0.1, 0.15) is 28.7 Å². The van der Waals surface area contributed by atoms with Gasteiger partial charge >= 0.3 is 5.97 Å². The normalized spacial score (nSPS) is 18.0. The first-order valence-electron chi connectivity index (χ1n) is 5.83. The first-order valence-corrected chi connectivity index (χ1v) is 5.83. The molecule has 0 aromatic heterocycles. The second kappa shape index (κ2) is 3.33. The number of aryl methyl sites for hydroxylation is 2. The molecule has 1 heterocycles. The number of carbonyl (C=O) groups excluding carboxylic acids is 1. The topological polar surface area (TPSA) is 26.3 Å². The summed E-state index contributed by atoms with van der Waals surface area (Å²) in [7, 11) is 0. The van der Waals surface area contributed by atoms with Crippen LogP contribution in [0.3, 0.4) is 0 Å². The highest BCUT2D eigenvalue weighted by Crippen LogP contribution is 2.43. The molecule has 1 aliphatic heterocycles.